The first-order chi connectivity index (χ1) is 9.83. The van der Waals surface area contributed by atoms with Crippen LogP contribution in [0.2, 0.25) is 0 Å². The Hall–Kier alpha value is -1.46. The topological polar surface area (TPSA) is 53.7 Å². The lowest BCUT2D eigenvalue weighted by Crippen LogP contribution is -2.19. The summed E-state index contributed by atoms with van der Waals surface area (Å²) < 4.78 is 1.87. The van der Waals surface area contributed by atoms with E-state index in [0.717, 1.165) is 12.2 Å². The Kier molecular flexibility index (Phi) is 2.97. The number of nitrogens with zero attached hydrogens (tertiary/aromatic N) is 4. The van der Waals surface area contributed by atoms with Crippen molar-refractivity contribution in [1.82, 2.24) is 19.5 Å². The molecule has 0 radical (unpaired) electrons. The molecule has 1 saturated heterocycles. The molecule has 1 saturated carbocycles. The average molecular weight is 272 g/mol. The van der Waals surface area contributed by atoms with Gasteiger partial charge in [0.1, 0.15) is 0 Å². The van der Waals surface area contributed by atoms with Crippen LogP contribution in [-0.4, -0.2) is 37.7 Å². The third-order valence-corrected chi connectivity index (χ3v) is 4.32. The van der Waals surface area contributed by atoms with Gasteiger partial charge in [-0.1, -0.05) is 0 Å². The first-order valence-electron chi connectivity index (χ1n) is 7.55. The van der Waals surface area contributed by atoms with Crippen molar-refractivity contribution < 1.29 is 5.11 Å². The molecule has 1 N–H and O–H groups in total. The molecule has 3 heterocycles. The standard InChI is InChI=1S/C15H20N4O/c20-10-13-9-19-15(16-13)12(8-18-5-1-2-6-18)7-14(17-19)11-3-4-11/h7,9,11,20H,1-6,8,10H2. The van der Waals surface area contributed by atoms with E-state index in [9.17, 15) is 5.11 Å². The van der Waals surface area contributed by atoms with Crippen molar-refractivity contribution in [2.24, 2.45) is 0 Å². The van der Waals surface area contributed by atoms with Crippen molar-refractivity contribution >= 4 is 5.65 Å². The van der Waals surface area contributed by atoms with Crippen LogP contribution in [0.15, 0.2) is 12.3 Å². The fourth-order valence-corrected chi connectivity index (χ4v) is 3.06. The van der Waals surface area contributed by atoms with Crippen LogP contribution in [0.3, 0.4) is 0 Å². The van der Waals surface area contributed by atoms with E-state index in [0.29, 0.717) is 11.6 Å². The highest BCUT2D eigenvalue weighted by atomic mass is 16.3. The maximum atomic E-state index is 9.29. The predicted molar refractivity (Wildman–Crippen MR) is 75.4 cm³/mol. The Labute approximate surface area is 118 Å². The SMILES string of the molecule is OCc1cn2nc(C3CC3)cc(CN3CCCC3)c2n1. The lowest BCUT2D eigenvalue weighted by molar-refractivity contribution is 0.277. The molecule has 5 heteroatoms. The molecule has 0 spiro atoms. The van der Waals surface area contributed by atoms with Crippen molar-refractivity contribution in [3.8, 4) is 0 Å². The monoisotopic (exact) mass is 272 g/mol. The number of aromatic nitrogens is 3. The second kappa shape index (κ2) is 4.82. The predicted octanol–water partition coefficient (Wildman–Crippen LogP) is 1.69. The number of likely N-dealkylation sites (tertiary alicyclic amines) is 1. The number of aliphatic hydroxyl groups excluding tert-OH is 1. The molecule has 4 rings (SSSR count). The molecule has 20 heavy (non-hydrogen) atoms. The van der Waals surface area contributed by atoms with Crippen LogP contribution in [0, 0.1) is 0 Å². The summed E-state index contributed by atoms with van der Waals surface area (Å²) in [6.07, 6.45) is 6.96. The number of rotatable bonds is 4. The minimum absolute atomic E-state index is 0.0225. The molecular formula is C15H20N4O. The molecule has 5 nitrogen and oxygen atoms in total. The molecule has 0 amide bonds. The summed E-state index contributed by atoms with van der Waals surface area (Å²) in [5.41, 5.74) is 4.05. The molecule has 0 aromatic carbocycles. The molecule has 2 aromatic heterocycles. The third-order valence-electron chi connectivity index (χ3n) is 4.32. The molecule has 0 atom stereocenters. The Morgan fingerprint density at radius 2 is 2.05 bits per heavy atom. The van der Waals surface area contributed by atoms with Gasteiger partial charge in [0.2, 0.25) is 0 Å². The summed E-state index contributed by atoms with van der Waals surface area (Å²) in [4.78, 5) is 7.00. The van der Waals surface area contributed by atoms with Crippen LogP contribution >= 0.6 is 0 Å². The summed E-state index contributed by atoms with van der Waals surface area (Å²) in [5.74, 6) is 0.636. The summed E-state index contributed by atoms with van der Waals surface area (Å²) in [5, 5.41) is 14.0. The van der Waals surface area contributed by atoms with Gasteiger partial charge in [-0.05, 0) is 44.8 Å². The van der Waals surface area contributed by atoms with E-state index in [1.807, 2.05) is 10.7 Å². The van der Waals surface area contributed by atoms with Gasteiger partial charge >= 0.3 is 0 Å². The van der Waals surface area contributed by atoms with Crippen molar-refractivity contribution in [2.45, 2.75) is 44.8 Å². The van der Waals surface area contributed by atoms with Gasteiger partial charge in [-0.2, -0.15) is 5.10 Å². The zero-order valence-electron chi connectivity index (χ0n) is 11.6. The first kappa shape index (κ1) is 12.3. The van der Waals surface area contributed by atoms with E-state index >= 15 is 0 Å². The van der Waals surface area contributed by atoms with Gasteiger partial charge in [-0.3, -0.25) is 4.90 Å². The molecule has 2 fully saturated rings. The number of aliphatic hydroxyl groups is 1. The Bertz CT molecular complexity index is 626. The molecule has 2 aliphatic rings. The number of fused-ring (bicyclic) bond motifs is 1. The van der Waals surface area contributed by atoms with Crippen LogP contribution in [0.25, 0.3) is 5.65 Å². The molecule has 0 bridgehead atoms. The van der Waals surface area contributed by atoms with Gasteiger partial charge in [0.15, 0.2) is 5.65 Å². The van der Waals surface area contributed by atoms with E-state index in [-0.39, 0.29) is 6.61 Å². The van der Waals surface area contributed by atoms with E-state index in [2.05, 4.69) is 21.0 Å². The minimum atomic E-state index is -0.0225. The fraction of sp³-hybridized carbons (Fsp3) is 0.600. The van der Waals surface area contributed by atoms with Crippen molar-refractivity contribution in [3.63, 3.8) is 0 Å². The van der Waals surface area contributed by atoms with Crippen LogP contribution in [0.1, 0.15) is 48.6 Å². The maximum Gasteiger partial charge on any atom is 0.158 e. The van der Waals surface area contributed by atoms with Crippen LogP contribution < -0.4 is 0 Å². The molecular weight excluding hydrogens is 252 g/mol. The molecule has 2 aromatic rings. The highest BCUT2D eigenvalue weighted by Crippen LogP contribution is 2.39. The summed E-state index contributed by atoms with van der Waals surface area (Å²) in [6.45, 7) is 3.29. The summed E-state index contributed by atoms with van der Waals surface area (Å²) in [6, 6.07) is 2.24. The highest BCUT2D eigenvalue weighted by molar-refractivity contribution is 5.49. The Balaban J connectivity index is 1.75. The fourth-order valence-electron chi connectivity index (χ4n) is 3.06. The molecule has 106 valence electrons. The number of imidazole rings is 1. The van der Waals surface area contributed by atoms with Crippen LogP contribution in [0.4, 0.5) is 0 Å². The lowest BCUT2D eigenvalue weighted by atomic mass is 10.2. The van der Waals surface area contributed by atoms with E-state index in [1.54, 1.807) is 0 Å². The molecule has 1 aliphatic carbocycles. The van der Waals surface area contributed by atoms with Gasteiger partial charge in [-0.25, -0.2) is 9.50 Å². The van der Waals surface area contributed by atoms with E-state index in [4.69, 9.17) is 0 Å². The zero-order valence-corrected chi connectivity index (χ0v) is 11.6. The van der Waals surface area contributed by atoms with E-state index in [1.165, 1.54) is 50.0 Å². The van der Waals surface area contributed by atoms with Crippen LogP contribution in [0.5, 0.6) is 0 Å². The number of hydrogen-bond donors (Lipinski definition) is 1. The van der Waals surface area contributed by atoms with Gasteiger partial charge < -0.3 is 5.11 Å². The minimum Gasteiger partial charge on any atom is -0.390 e. The Morgan fingerprint density at radius 1 is 1.25 bits per heavy atom. The second-order valence-corrected chi connectivity index (χ2v) is 6.01. The summed E-state index contributed by atoms with van der Waals surface area (Å²) >= 11 is 0. The summed E-state index contributed by atoms with van der Waals surface area (Å²) in [7, 11) is 0. The van der Waals surface area contributed by atoms with Crippen molar-refractivity contribution in [3.05, 3.63) is 29.2 Å². The Morgan fingerprint density at radius 3 is 2.75 bits per heavy atom. The van der Waals surface area contributed by atoms with Crippen LogP contribution in [-0.2, 0) is 13.2 Å². The average Bonchev–Trinajstić information content (AvgIpc) is 3.02. The van der Waals surface area contributed by atoms with Crippen molar-refractivity contribution in [1.29, 1.82) is 0 Å². The van der Waals surface area contributed by atoms with Gasteiger partial charge in [0, 0.05) is 18.0 Å². The third kappa shape index (κ3) is 2.21. The van der Waals surface area contributed by atoms with Crippen molar-refractivity contribution in [2.75, 3.05) is 13.1 Å². The largest absolute Gasteiger partial charge is 0.390 e. The highest BCUT2D eigenvalue weighted by Gasteiger charge is 2.27. The first-order valence-corrected chi connectivity index (χ1v) is 7.55. The maximum absolute atomic E-state index is 9.29. The quantitative estimate of drug-likeness (QED) is 0.920. The van der Waals surface area contributed by atoms with Gasteiger partial charge in [0.25, 0.3) is 0 Å². The molecule has 0 unspecified atom stereocenters. The number of hydrogen-bond acceptors (Lipinski definition) is 4. The second-order valence-electron chi connectivity index (χ2n) is 6.01. The normalized spacial score (nSPS) is 20.1. The lowest BCUT2D eigenvalue weighted by Gasteiger charge is -2.15. The molecule has 1 aliphatic heterocycles. The van der Waals surface area contributed by atoms with E-state index < -0.39 is 0 Å². The zero-order chi connectivity index (χ0) is 13.5. The van der Waals surface area contributed by atoms with Gasteiger partial charge in [0.05, 0.1) is 24.2 Å². The smallest absolute Gasteiger partial charge is 0.158 e. The van der Waals surface area contributed by atoms with Gasteiger partial charge in [-0.15, -0.1) is 0 Å².